The van der Waals surface area contributed by atoms with Crippen LogP contribution in [-0.2, 0) is 26.9 Å². The number of sulfone groups is 1. The monoisotopic (exact) mass is 532 g/mol. The minimum atomic E-state index is -3.20. The third-order valence-corrected chi connectivity index (χ3v) is 7.69. The summed E-state index contributed by atoms with van der Waals surface area (Å²) in [5.41, 5.74) is 3.52. The van der Waals surface area contributed by atoms with Crippen LogP contribution in [0.1, 0.15) is 43.6 Å². The Hall–Kier alpha value is -2.85. The summed E-state index contributed by atoms with van der Waals surface area (Å²) in [4.78, 5) is 30.4. The minimum absolute atomic E-state index is 0. The summed E-state index contributed by atoms with van der Waals surface area (Å²) >= 11 is 1.28. The highest BCUT2D eigenvalue weighted by molar-refractivity contribution is 7.89. The number of benzene rings is 2. The molecule has 1 amide bonds. The predicted octanol–water partition coefficient (Wildman–Crippen LogP) is 5.33. The van der Waals surface area contributed by atoms with E-state index < -0.39 is 9.84 Å². The predicted molar refractivity (Wildman–Crippen MR) is 143 cm³/mol. The lowest BCUT2D eigenvalue weighted by molar-refractivity contribution is 0.101. The molecule has 4 aromatic rings. The number of aryl methyl sites for hydroxylation is 1. The number of amides is 1. The summed E-state index contributed by atoms with van der Waals surface area (Å²) < 4.78 is 29.6. The zero-order chi connectivity index (χ0) is 24.6. The van der Waals surface area contributed by atoms with Crippen molar-refractivity contribution in [3.63, 3.8) is 0 Å². The molecule has 0 saturated heterocycles. The lowest BCUT2D eigenvalue weighted by Gasteiger charge is -2.08. The molecule has 35 heavy (non-hydrogen) atoms. The molecule has 2 aromatic carbocycles. The maximum Gasteiger partial charge on any atom is 0.267 e. The van der Waals surface area contributed by atoms with Gasteiger partial charge in [-0.05, 0) is 54.8 Å². The van der Waals surface area contributed by atoms with Crippen LogP contribution in [-0.4, -0.2) is 38.5 Å². The first-order chi connectivity index (χ1) is 16.1. The summed E-state index contributed by atoms with van der Waals surface area (Å²) in [7, 11) is -1.59. The number of fused-ring (bicyclic) bond motifs is 2. The smallest absolute Gasteiger partial charge is 0.267 e. The van der Waals surface area contributed by atoms with Gasteiger partial charge < -0.3 is 10.1 Å². The number of thiophene rings is 1. The largest absolute Gasteiger partial charge is 0.380 e. The van der Waals surface area contributed by atoms with Gasteiger partial charge in [0, 0.05) is 34.4 Å². The second-order valence-corrected chi connectivity index (χ2v) is 11.4. The number of aromatic nitrogens is 1. The number of pyridine rings is 1. The third-order valence-electron chi connectivity index (χ3n) is 5.53. The first-order valence-electron chi connectivity index (χ1n) is 10.5. The van der Waals surface area contributed by atoms with Gasteiger partial charge in [0.15, 0.2) is 15.6 Å². The number of Topliss-reactive ketones (excluding diaryl/α,β-unsaturated/α-hetero) is 1. The first kappa shape index (κ1) is 26.7. The number of anilines is 1. The number of rotatable bonds is 7. The molecule has 0 atom stereocenters. The number of methoxy groups -OCH3 is 1. The molecular weight excluding hydrogens is 508 g/mol. The molecule has 0 fully saturated rings. The normalized spacial score (nSPS) is 11.4. The molecule has 0 aliphatic carbocycles. The topological polar surface area (TPSA) is 102 Å². The lowest BCUT2D eigenvalue weighted by Crippen LogP contribution is -2.12. The molecule has 0 saturated carbocycles. The Bertz CT molecular complexity index is 1560. The Morgan fingerprint density at radius 1 is 1.09 bits per heavy atom. The van der Waals surface area contributed by atoms with Gasteiger partial charge in [-0.3, -0.25) is 9.59 Å². The molecule has 0 aliphatic heterocycles. The molecule has 4 rings (SSSR count). The van der Waals surface area contributed by atoms with Crippen LogP contribution < -0.4 is 5.32 Å². The number of carbonyl (C=O) groups is 2. The van der Waals surface area contributed by atoms with E-state index in [1.54, 1.807) is 43.5 Å². The summed E-state index contributed by atoms with van der Waals surface area (Å²) in [6.07, 6.45) is 1.19. The van der Waals surface area contributed by atoms with Gasteiger partial charge in [-0.15, -0.1) is 23.7 Å². The number of ketones is 1. The molecule has 2 aromatic heterocycles. The summed E-state index contributed by atoms with van der Waals surface area (Å²) in [5, 5.41) is 4.43. The van der Waals surface area contributed by atoms with Crippen LogP contribution in [0.3, 0.4) is 0 Å². The van der Waals surface area contributed by atoms with Crippen molar-refractivity contribution in [2.75, 3.05) is 18.7 Å². The van der Waals surface area contributed by atoms with Gasteiger partial charge >= 0.3 is 0 Å². The zero-order valence-corrected chi connectivity index (χ0v) is 22.1. The second-order valence-electron chi connectivity index (χ2n) is 8.23. The van der Waals surface area contributed by atoms with Crippen LogP contribution in [0.15, 0.2) is 42.5 Å². The Morgan fingerprint density at radius 3 is 2.49 bits per heavy atom. The molecular formula is C25H25ClN2O5S2. The summed E-state index contributed by atoms with van der Waals surface area (Å²) in [6.45, 7) is 3.74. The van der Waals surface area contributed by atoms with Crippen molar-refractivity contribution < 1.29 is 22.7 Å². The highest BCUT2D eigenvalue weighted by Crippen LogP contribution is 2.37. The number of hydrogen-bond donors (Lipinski definition) is 1. The van der Waals surface area contributed by atoms with Crippen molar-refractivity contribution in [3.8, 4) is 0 Å². The van der Waals surface area contributed by atoms with Crippen molar-refractivity contribution in [2.45, 2.75) is 26.2 Å². The van der Waals surface area contributed by atoms with Crippen LogP contribution in [0, 0.1) is 6.92 Å². The van der Waals surface area contributed by atoms with Gasteiger partial charge in [0.1, 0.15) is 5.82 Å². The average molecular weight is 533 g/mol. The SMILES string of the molecule is COCc1ccc(C(C)=O)c2sc(C(=O)Nc3ccc4c(CS(C)(=O)=O)cccc4n3)c(C)c12.Cl. The van der Waals surface area contributed by atoms with E-state index in [9.17, 15) is 18.0 Å². The van der Waals surface area contributed by atoms with Gasteiger partial charge in [0.25, 0.3) is 5.91 Å². The van der Waals surface area contributed by atoms with Gasteiger partial charge in [-0.25, -0.2) is 13.4 Å². The van der Waals surface area contributed by atoms with Crippen molar-refractivity contribution in [3.05, 3.63) is 69.6 Å². The van der Waals surface area contributed by atoms with Crippen molar-refractivity contribution in [2.24, 2.45) is 0 Å². The molecule has 7 nitrogen and oxygen atoms in total. The first-order valence-corrected chi connectivity index (χ1v) is 13.4. The summed E-state index contributed by atoms with van der Waals surface area (Å²) in [6, 6.07) is 12.3. The zero-order valence-electron chi connectivity index (χ0n) is 19.7. The number of nitrogens with zero attached hydrogens (tertiary/aromatic N) is 1. The highest BCUT2D eigenvalue weighted by atomic mass is 35.5. The van der Waals surface area contributed by atoms with Crippen LogP contribution in [0.25, 0.3) is 21.0 Å². The van der Waals surface area contributed by atoms with E-state index in [0.29, 0.717) is 33.9 Å². The molecule has 184 valence electrons. The Labute approximate surface area is 213 Å². The fraction of sp³-hybridized carbons (Fsp3) is 0.240. The van der Waals surface area contributed by atoms with Gasteiger partial charge in [-0.2, -0.15) is 0 Å². The number of hydrogen-bond acceptors (Lipinski definition) is 7. The van der Waals surface area contributed by atoms with Crippen LogP contribution >= 0.6 is 23.7 Å². The fourth-order valence-corrected chi connectivity index (χ4v) is 6.20. The Morgan fingerprint density at radius 2 is 1.83 bits per heavy atom. The van der Waals surface area contributed by atoms with E-state index in [2.05, 4.69) is 10.3 Å². The minimum Gasteiger partial charge on any atom is -0.380 e. The van der Waals surface area contributed by atoms with E-state index in [1.165, 1.54) is 24.5 Å². The van der Waals surface area contributed by atoms with Crippen molar-refractivity contribution in [1.82, 2.24) is 4.98 Å². The standard InChI is InChI=1S/C25H24N2O5S2.ClH/c1-14-22-16(12-32-3)8-9-18(15(2)28)24(22)33-23(14)25(29)27-21-11-10-19-17(13-34(4,30)31)6-5-7-20(19)26-21;/h5-11H,12-13H2,1-4H3,(H,26,27,29);1H. The van der Waals surface area contributed by atoms with E-state index >= 15 is 0 Å². The van der Waals surface area contributed by atoms with Gasteiger partial charge in [0.05, 0.1) is 22.8 Å². The fourth-order valence-electron chi connectivity index (χ4n) is 4.07. The molecule has 0 aliphatic rings. The maximum atomic E-state index is 13.2. The maximum absolute atomic E-state index is 13.2. The molecule has 0 spiro atoms. The van der Waals surface area contributed by atoms with Gasteiger partial charge in [-0.1, -0.05) is 18.2 Å². The molecule has 1 N–H and O–H groups in total. The molecule has 0 bridgehead atoms. The Balaban J connectivity index is 0.00000342. The number of carbonyl (C=O) groups excluding carboxylic acids is 2. The van der Waals surface area contributed by atoms with Gasteiger partial charge in [0.2, 0.25) is 0 Å². The summed E-state index contributed by atoms with van der Waals surface area (Å²) in [5.74, 6) is -0.116. The molecule has 10 heteroatoms. The highest BCUT2D eigenvalue weighted by Gasteiger charge is 2.21. The molecule has 0 unspecified atom stereocenters. The lowest BCUT2D eigenvalue weighted by atomic mass is 10.0. The van der Waals surface area contributed by atoms with E-state index in [-0.39, 0.29) is 29.9 Å². The second kappa shape index (κ2) is 10.4. The molecule has 0 radical (unpaired) electrons. The number of halogens is 1. The van der Waals surface area contributed by atoms with Crippen molar-refractivity contribution >= 4 is 72.1 Å². The average Bonchev–Trinajstić information content (AvgIpc) is 3.10. The van der Waals surface area contributed by atoms with Crippen LogP contribution in [0.2, 0.25) is 0 Å². The van der Waals surface area contributed by atoms with Crippen LogP contribution in [0.4, 0.5) is 5.82 Å². The van der Waals surface area contributed by atoms with E-state index in [4.69, 9.17) is 4.74 Å². The Kier molecular flexibility index (Phi) is 7.96. The van der Waals surface area contributed by atoms with Crippen molar-refractivity contribution in [1.29, 1.82) is 0 Å². The third kappa shape index (κ3) is 5.54. The van der Waals surface area contributed by atoms with Crippen LogP contribution in [0.5, 0.6) is 0 Å². The quantitative estimate of drug-likeness (QED) is 0.323. The van der Waals surface area contributed by atoms with E-state index in [1.807, 2.05) is 13.0 Å². The molecule has 2 heterocycles. The number of ether oxygens (including phenoxy) is 1. The van der Waals surface area contributed by atoms with E-state index in [0.717, 1.165) is 26.6 Å². The number of nitrogens with one attached hydrogen (secondary N) is 1.